The van der Waals surface area contributed by atoms with Gasteiger partial charge in [-0.1, -0.05) is 30.3 Å². The summed E-state index contributed by atoms with van der Waals surface area (Å²) < 4.78 is 17.7. The van der Waals surface area contributed by atoms with Gasteiger partial charge < -0.3 is 14.2 Å². The maximum atomic E-state index is 13.5. The molecule has 1 heterocycles. The predicted octanol–water partition coefficient (Wildman–Crippen LogP) is 6.54. The van der Waals surface area contributed by atoms with Crippen LogP contribution in [0.1, 0.15) is 18.1 Å². The number of imide groups is 2. The second kappa shape index (κ2) is 14.1. The number of amides is 4. The van der Waals surface area contributed by atoms with Crippen molar-refractivity contribution in [3.63, 3.8) is 0 Å². The van der Waals surface area contributed by atoms with Crippen molar-refractivity contribution < 1.29 is 38.4 Å². The van der Waals surface area contributed by atoms with Gasteiger partial charge in [0.15, 0.2) is 11.5 Å². The van der Waals surface area contributed by atoms with Crippen molar-refractivity contribution in [2.24, 2.45) is 0 Å². The third-order valence-corrected chi connectivity index (χ3v) is 7.45. The summed E-state index contributed by atoms with van der Waals surface area (Å²) in [7, 11) is 0. The van der Waals surface area contributed by atoms with E-state index in [1.807, 2.05) is 52.9 Å². The number of barbiturate groups is 1. The summed E-state index contributed by atoms with van der Waals surface area (Å²) in [4.78, 5) is 61.1. The number of nitro benzene ring substituents is 2. The van der Waals surface area contributed by atoms with Gasteiger partial charge in [0, 0.05) is 6.07 Å². The van der Waals surface area contributed by atoms with Gasteiger partial charge in [-0.3, -0.25) is 35.1 Å². The van der Waals surface area contributed by atoms with Gasteiger partial charge in [-0.2, -0.15) is 0 Å². The van der Waals surface area contributed by atoms with E-state index in [0.717, 1.165) is 28.7 Å². The number of rotatable bonds is 11. The van der Waals surface area contributed by atoms with Gasteiger partial charge in [-0.05, 0) is 89.2 Å². The summed E-state index contributed by atoms with van der Waals surface area (Å²) in [5, 5.41) is 24.9. The minimum absolute atomic E-state index is 0.0670. The normalized spacial score (nSPS) is 13.7. The van der Waals surface area contributed by atoms with Gasteiger partial charge in [-0.15, -0.1) is 0 Å². The van der Waals surface area contributed by atoms with Gasteiger partial charge in [0.2, 0.25) is 5.75 Å². The zero-order valence-corrected chi connectivity index (χ0v) is 26.5. The standard InChI is InChI=1S/C32H23IN4O10/c1-2-45-28-16-20(15-25(33)29(28)47-27-13-10-22(36(41)42)17-26(27)37(43)44)14-24-30(38)34-32(40)35(31(24)39)21-8-11-23(12-9-21)46-18-19-6-4-3-5-7-19/h3-17H,2,18H2,1H3,(H,34,38,40)/b24-14+. The van der Waals surface area contributed by atoms with Gasteiger partial charge >= 0.3 is 11.7 Å². The van der Waals surface area contributed by atoms with Crippen LogP contribution in [0.25, 0.3) is 6.08 Å². The highest BCUT2D eigenvalue weighted by Gasteiger charge is 2.37. The molecule has 4 aromatic rings. The van der Waals surface area contributed by atoms with E-state index in [2.05, 4.69) is 5.32 Å². The topological polar surface area (TPSA) is 180 Å². The fraction of sp³-hybridized carbons (Fsp3) is 0.0938. The van der Waals surface area contributed by atoms with E-state index in [-0.39, 0.29) is 35.1 Å². The summed E-state index contributed by atoms with van der Waals surface area (Å²) >= 11 is 1.89. The molecule has 0 aromatic heterocycles. The molecule has 1 fully saturated rings. The maximum absolute atomic E-state index is 13.5. The van der Waals surface area contributed by atoms with Crippen LogP contribution in [-0.4, -0.2) is 34.3 Å². The fourth-order valence-corrected chi connectivity index (χ4v) is 5.22. The first-order valence-electron chi connectivity index (χ1n) is 13.8. The van der Waals surface area contributed by atoms with Crippen LogP contribution in [0.3, 0.4) is 0 Å². The molecule has 1 saturated heterocycles. The number of non-ortho nitro benzene ring substituents is 1. The van der Waals surface area contributed by atoms with Crippen LogP contribution in [0.2, 0.25) is 0 Å². The Morgan fingerprint density at radius 1 is 0.872 bits per heavy atom. The van der Waals surface area contributed by atoms with E-state index in [1.54, 1.807) is 19.1 Å². The van der Waals surface area contributed by atoms with E-state index in [0.29, 0.717) is 21.5 Å². The molecule has 4 aromatic carbocycles. The Kier molecular flexibility index (Phi) is 9.74. The number of anilines is 1. The Balaban J connectivity index is 1.42. The number of carbonyl (C=O) groups is 3. The third-order valence-electron chi connectivity index (χ3n) is 6.65. The van der Waals surface area contributed by atoms with E-state index >= 15 is 0 Å². The van der Waals surface area contributed by atoms with E-state index in [4.69, 9.17) is 14.2 Å². The Labute approximate surface area is 280 Å². The highest BCUT2D eigenvalue weighted by molar-refractivity contribution is 14.1. The SMILES string of the molecule is CCOc1cc(/C=C2\C(=O)NC(=O)N(c3ccc(OCc4ccccc4)cc3)C2=O)cc(I)c1Oc1ccc([N+](=O)[O-])cc1[N+](=O)[O-]. The molecular weight excluding hydrogens is 727 g/mol. The van der Waals surface area contributed by atoms with Crippen LogP contribution in [0.4, 0.5) is 21.9 Å². The number of carbonyl (C=O) groups excluding carboxylic acids is 3. The average Bonchev–Trinajstić information content (AvgIpc) is 3.04. The molecule has 14 nitrogen and oxygen atoms in total. The molecule has 238 valence electrons. The van der Waals surface area contributed by atoms with Crippen molar-refractivity contribution in [2.75, 3.05) is 11.5 Å². The molecule has 0 bridgehead atoms. The molecular formula is C32H23IN4O10. The maximum Gasteiger partial charge on any atom is 0.335 e. The van der Waals surface area contributed by atoms with Crippen LogP contribution in [0.15, 0.2) is 90.5 Å². The lowest BCUT2D eigenvalue weighted by Crippen LogP contribution is -2.54. The molecule has 15 heteroatoms. The minimum atomic E-state index is -0.923. The average molecular weight is 750 g/mol. The molecule has 0 aliphatic carbocycles. The number of halogens is 1. The second-order valence-corrected chi connectivity index (χ2v) is 10.9. The van der Waals surface area contributed by atoms with Crippen LogP contribution < -0.4 is 24.4 Å². The van der Waals surface area contributed by atoms with Crippen LogP contribution in [0.5, 0.6) is 23.0 Å². The molecule has 1 N–H and O–H groups in total. The monoisotopic (exact) mass is 750 g/mol. The van der Waals surface area contributed by atoms with E-state index in [9.17, 15) is 34.6 Å². The number of hydrogen-bond donors (Lipinski definition) is 1. The first kappa shape index (κ1) is 32.6. The first-order valence-corrected chi connectivity index (χ1v) is 14.9. The molecule has 5 rings (SSSR count). The summed E-state index contributed by atoms with van der Waals surface area (Å²) in [5.41, 5.74) is 0.0309. The zero-order chi connectivity index (χ0) is 33.7. The number of benzene rings is 4. The molecule has 4 amide bonds. The largest absolute Gasteiger partial charge is 0.490 e. The summed E-state index contributed by atoms with van der Waals surface area (Å²) in [6.45, 7) is 2.17. The smallest absolute Gasteiger partial charge is 0.335 e. The Hall–Kier alpha value is -5.84. The number of nitro groups is 2. The first-order chi connectivity index (χ1) is 22.5. The molecule has 1 aliphatic rings. The number of hydrogen-bond acceptors (Lipinski definition) is 10. The number of nitrogens with one attached hydrogen (secondary N) is 1. The van der Waals surface area contributed by atoms with Gasteiger partial charge in [0.1, 0.15) is 17.9 Å². The number of nitrogens with zero attached hydrogens (tertiary/aromatic N) is 3. The highest BCUT2D eigenvalue weighted by Crippen LogP contribution is 2.42. The Morgan fingerprint density at radius 2 is 1.60 bits per heavy atom. The van der Waals surface area contributed by atoms with Crippen LogP contribution in [-0.2, 0) is 16.2 Å². The molecule has 0 unspecified atom stereocenters. The minimum Gasteiger partial charge on any atom is -0.490 e. The Morgan fingerprint density at radius 3 is 2.26 bits per heavy atom. The van der Waals surface area contributed by atoms with Crippen molar-refractivity contribution >= 4 is 63.6 Å². The third kappa shape index (κ3) is 7.36. The van der Waals surface area contributed by atoms with Crippen LogP contribution in [0, 0.1) is 23.8 Å². The van der Waals surface area contributed by atoms with Crippen molar-refractivity contribution in [3.8, 4) is 23.0 Å². The van der Waals surface area contributed by atoms with Gasteiger partial charge in [0.25, 0.3) is 17.5 Å². The van der Waals surface area contributed by atoms with Crippen molar-refractivity contribution in [2.45, 2.75) is 13.5 Å². The van der Waals surface area contributed by atoms with Crippen molar-refractivity contribution in [3.05, 3.63) is 125 Å². The summed E-state index contributed by atoms with van der Waals surface area (Å²) in [6, 6.07) is 20.8. The molecule has 1 aliphatic heterocycles. The lowest BCUT2D eigenvalue weighted by Gasteiger charge is -2.26. The van der Waals surface area contributed by atoms with Gasteiger partial charge in [-0.25, -0.2) is 9.69 Å². The molecule has 0 saturated carbocycles. The van der Waals surface area contributed by atoms with Gasteiger partial charge in [0.05, 0.1) is 31.8 Å². The van der Waals surface area contributed by atoms with E-state index in [1.165, 1.54) is 30.3 Å². The molecule has 0 atom stereocenters. The molecule has 0 radical (unpaired) electrons. The highest BCUT2D eigenvalue weighted by atomic mass is 127. The summed E-state index contributed by atoms with van der Waals surface area (Å²) in [5.74, 6) is -1.36. The lowest BCUT2D eigenvalue weighted by atomic mass is 10.1. The van der Waals surface area contributed by atoms with E-state index < -0.39 is 39.1 Å². The number of urea groups is 1. The second-order valence-electron chi connectivity index (χ2n) is 9.76. The van der Waals surface area contributed by atoms with Crippen LogP contribution >= 0.6 is 22.6 Å². The predicted molar refractivity (Wildman–Crippen MR) is 176 cm³/mol. The zero-order valence-electron chi connectivity index (χ0n) is 24.4. The lowest BCUT2D eigenvalue weighted by molar-refractivity contribution is -0.394. The Bertz CT molecular complexity index is 1930. The fourth-order valence-electron chi connectivity index (χ4n) is 4.48. The molecule has 47 heavy (non-hydrogen) atoms. The molecule has 0 spiro atoms. The quantitative estimate of drug-likeness (QED) is 0.0581. The number of ether oxygens (including phenoxy) is 3. The summed E-state index contributed by atoms with van der Waals surface area (Å²) in [6.07, 6.45) is 1.28. The van der Waals surface area contributed by atoms with Crippen molar-refractivity contribution in [1.82, 2.24) is 5.32 Å². The van der Waals surface area contributed by atoms with Crippen molar-refractivity contribution in [1.29, 1.82) is 0 Å².